The molecule has 204 valence electrons. The lowest BCUT2D eigenvalue weighted by Gasteiger charge is -2.28. The predicted molar refractivity (Wildman–Crippen MR) is 111 cm³/mol. The number of aliphatic carboxylic acids is 2. The standard InChI is InChI=1S/C15H25N7.2C2HF3O2/c1-12(2)20(4)9-14-17-18-15-11-21(7-8-22(14)15)10-13-16-5-6-19(13)3;2*3-2(4,5)1(6)7/h5-6,12H,7-11H2,1-4H3;2*(H,6,7). The minimum atomic E-state index is -5.08. The van der Waals surface area contributed by atoms with E-state index in [0.717, 1.165) is 50.2 Å². The third-order valence-electron chi connectivity index (χ3n) is 4.95. The Morgan fingerprint density at radius 2 is 1.56 bits per heavy atom. The van der Waals surface area contributed by atoms with Crippen molar-refractivity contribution >= 4 is 11.9 Å². The first kappa shape index (κ1) is 30.8. The smallest absolute Gasteiger partial charge is 0.475 e. The lowest BCUT2D eigenvalue weighted by molar-refractivity contribution is -0.193. The number of carbonyl (C=O) groups is 2. The fourth-order valence-electron chi connectivity index (χ4n) is 2.67. The normalized spacial score (nSPS) is 14.0. The molecule has 1 aliphatic heterocycles. The molecular formula is C19H27F6N7O4. The number of alkyl halides is 6. The van der Waals surface area contributed by atoms with Gasteiger partial charge < -0.3 is 19.3 Å². The molecule has 0 spiro atoms. The number of fused-ring (bicyclic) bond motifs is 1. The van der Waals surface area contributed by atoms with Crippen LogP contribution in [0.2, 0.25) is 0 Å². The summed E-state index contributed by atoms with van der Waals surface area (Å²) >= 11 is 0. The van der Waals surface area contributed by atoms with Crippen molar-refractivity contribution in [2.24, 2.45) is 7.05 Å². The molecule has 0 unspecified atom stereocenters. The van der Waals surface area contributed by atoms with E-state index in [9.17, 15) is 26.3 Å². The summed E-state index contributed by atoms with van der Waals surface area (Å²) < 4.78 is 67.8. The monoisotopic (exact) mass is 531 g/mol. The molecule has 17 heteroatoms. The second-order valence-corrected chi connectivity index (χ2v) is 7.96. The van der Waals surface area contributed by atoms with Gasteiger partial charge in [0.1, 0.15) is 17.5 Å². The molecule has 0 bridgehead atoms. The first-order valence-electron chi connectivity index (χ1n) is 10.3. The maximum Gasteiger partial charge on any atom is 0.490 e. The molecule has 0 saturated heterocycles. The van der Waals surface area contributed by atoms with Gasteiger partial charge in [0.2, 0.25) is 0 Å². The van der Waals surface area contributed by atoms with E-state index in [1.807, 2.05) is 19.4 Å². The van der Waals surface area contributed by atoms with E-state index >= 15 is 0 Å². The Labute approximate surface area is 201 Å². The molecule has 0 radical (unpaired) electrons. The summed E-state index contributed by atoms with van der Waals surface area (Å²) in [6, 6.07) is 0.511. The molecule has 0 saturated carbocycles. The maximum absolute atomic E-state index is 10.6. The van der Waals surface area contributed by atoms with Crippen molar-refractivity contribution in [1.29, 1.82) is 0 Å². The summed E-state index contributed by atoms with van der Waals surface area (Å²) in [5.41, 5.74) is 0. The third kappa shape index (κ3) is 9.80. The summed E-state index contributed by atoms with van der Waals surface area (Å²) in [6.45, 7) is 8.90. The molecular weight excluding hydrogens is 504 g/mol. The first-order valence-corrected chi connectivity index (χ1v) is 10.3. The summed E-state index contributed by atoms with van der Waals surface area (Å²) in [5, 5.41) is 23.0. The van der Waals surface area contributed by atoms with E-state index < -0.39 is 24.3 Å². The van der Waals surface area contributed by atoms with E-state index in [-0.39, 0.29) is 0 Å². The van der Waals surface area contributed by atoms with Crippen molar-refractivity contribution in [2.45, 2.75) is 58.4 Å². The van der Waals surface area contributed by atoms with Gasteiger partial charge in [-0.05, 0) is 20.9 Å². The lowest BCUT2D eigenvalue weighted by Crippen LogP contribution is -2.35. The average molecular weight is 531 g/mol. The predicted octanol–water partition coefficient (Wildman–Crippen LogP) is 2.13. The van der Waals surface area contributed by atoms with E-state index in [4.69, 9.17) is 19.8 Å². The fraction of sp³-hybridized carbons (Fsp3) is 0.632. The summed E-state index contributed by atoms with van der Waals surface area (Å²) in [6.07, 6.45) is -6.33. The number of nitrogens with zero attached hydrogens (tertiary/aromatic N) is 7. The number of carboxylic acids is 2. The van der Waals surface area contributed by atoms with Gasteiger partial charge in [-0.15, -0.1) is 10.2 Å². The second-order valence-electron chi connectivity index (χ2n) is 7.96. The van der Waals surface area contributed by atoms with E-state index in [1.165, 1.54) is 0 Å². The van der Waals surface area contributed by atoms with E-state index in [2.05, 4.69) is 55.0 Å². The van der Waals surface area contributed by atoms with Crippen molar-refractivity contribution < 1.29 is 46.1 Å². The molecule has 2 aromatic heterocycles. The molecule has 3 rings (SSSR count). The number of halogens is 6. The van der Waals surface area contributed by atoms with Crippen molar-refractivity contribution in [1.82, 2.24) is 34.1 Å². The maximum atomic E-state index is 10.6. The van der Waals surface area contributed by atoms with Gasteiger partial charge in [0.25, 0.3) is 0 Å². The third-order valence-corrected chi connectivity index (χ3v) is 4.95. The molecule has 0 aromatic carbocycles. The Morgan fingerprint density at radius 3 is 1.97 bits per heavy atom. The van der Waals surface area contributed by atoms with Crippen LogP contribution in [-0.4, -0.2) is 88.3 Å². The van der Waals surface area contributed by atoms with Gasteiger partial charge in [-0.3, -0.25) is 9.80 Å². The zero-order chi connectivity index (χ0) is 27.8. The van der Waals surface area contributed by atoms with E-state index in [0.29, 0.717) is 6.04 Å². The Hall–Kier alpha value is -3.21. The molecule has 0 atom stereocenters. The number of hydrogen-bond acceptors (Lipinski definition) is 7. The van der Waals surface area contributed by atoms with Crippen molar-refractivity contribution in [2.75, 3.05) is 13.6 Å². The van der Waals surface area contributed by atoms with Gasteiger partial charge in [0.15, 0.2) is 0 Å². The van der Waals surface area contributed by atoms with Crippen LogP contribution >= 0.6 is 0 Å². The molecule has 3 heterocycles. The molecule has 2 aromatic rings. The number of carboxylic acid groups (broad SMARTS) is 2. The van der Waals surface area contributed by atoms with Gasteiger partial charge in [-0.2, -0.15) is 26.3 Å². The molecule has 0 fully saturated rings. The fourth-order valence-corrected chi connectivity index (χ4v) is 2.67. The minimum absolute atomic E-state index is 0.511. The average Bonchev–Trinajstić information content (AvgIpc) is 3.33. The summed E-state index contributed by atoms with van der Waals surface area (Å²) in [5.74, 6) is -2.29. The highest BCUT2D eigenvalue weighted by atomic mass is 19.4. The topological polar surface area (TPSA) is 130 Å². The van der Waals surface area contributed by atoms with Crippen molar-refractivity contribution in [3.8, 4) is 0 Å². The van der Waals surface area contributed by atoms with Gasteiger partial charge in [-0.1, -0.05) is 0 Å². The Bertz CT molecular complexity index is 979. The van der Waals surface area contributed by atoms with Crippen LogP contribution in [0.15, 0.2) is 12.4 Å². The van der Waals surface area contributed by atoms with Crippen LogP contribution in [0.25, 0.3) is 0 Å². The largest absolute Gasteiger partial charge is 0.490 e. The minimum Gasteiger partial charge on any atom is -0.475 e. The summed E-state index contributed by atoms with van der Waals surface area (Å²) in [4.78, 5) is 26.9. The molecule has 36 heavy (non-hydrogen) atoms. The Kier molecular flexibility index (Phi) is 10.8. The molecule has 0 aliphatic carbocycles. The van der Waals surface area contributed by atoms with Crippen LogP contribution in [0, 0.1) is 0 Å². The van der Waals surface area contributed by atoms with Gasteiger partial charge >= 0.3 is 24.3 Å². The second kappa shape index (κ2) is 12.7. The van der Waals surface area contributed by atoms with Crippen LogP contribution < -0.4 is 0 Å². The van der Waals surface area contributed by atoms with Gasteiger partial charge in [-0.25, -0.2) is 14.6 Å². The van der Waals surface area contributed by atoms with Crippen LogP contribution in [0.3, 0.4) is 0 Å². The number of rotatable bonds is 5. The van der Waals surface area contributed by atoms with Crippen molar-refractivity contribution in [3.63, 3.8) is 0 Å². The zero-order valence-corrected chi connectivity index (χ0v) is 19.9. The van der Waals surface area contributed by atoms with E-state index in [1.54, 1.807) is 0 Å². The molecule has 2 N–H and O–H groups in total. The van der Waals surface area contributed by atoms with Crippen molar-refractivity contribution in [3.05, 3.63) is 29.9 Å². The number of aromatic nitrogens is 5. The zero-order valence-electron chi connectivity index (χ0n) is 19.9. The SMILES string of the molecule is CC(C)N(C)Cc1nnc2n1CCN(Cc1nccn1C)C2.O=C(O)C(F)(F)F.O=C(O)C(F)(F)F. The van der Waals surface area contributed by atoms with Crippen LogP contribution in [0.4, 0.5) is 26.3 Å². The quantitative estimate of drug-likeness (QED) is 0.558. The molecule has 0 amide bonds. The number of aryl methyl sites for hydroxylation is 1. The molecule has 1 aliphatic rings. The Balaban J connectivity index is 0.000000383. The first-order chi connectivity index (χ1) is 16.4. The Morgan fingerprint density at radius 1 is 1.03 bits per heavy atom. The number of hydrogen-bond donors (Lipinski definition) is 2. The van der Waals surface area contributed by atoms with Crippen LogP contribution in [0.5, 0.6) is 0 Å². The van der Waals surface area contributed by atoms with Gasteiger partial charge in [0.05, 0.1) is 19.6 Å². The number of imidazole rings is 1. The highest BCUT2D eigenvalue weighted by Gasteiger charge is 2.38. The lowest BCUT2D eigenvalue weighted by atomic mass is 10.3. The van der Waals surface area contributed by atoms with Gasteiger partial charge in [0, 0.05) is 38.6 Å². The highest BCUT2D eigenvalue weighted by Crippen LogP contribution is 2.16. The highest BCUT2D eigenvalue weighted by molar-refractivity contribution is 5.73. The van der Waals surface area contributed by atoms with Crippen LogP contribution in [-0.2, 0) is 42.8 Å². The molecule has 11 nitrogen and oxygen atoms in total. The summed E-state index contributed by atoms with van der Waals surface area (Å²) in [7, 11) is 4.16. The van der Waals surface area contributed by atoms with Crippen LogP contribution in [0.1, 0.15) is 31.3 Å².